The fourth-order valence-electron chi connectivity index (χ4n) is 2.73. The Kier molecular flexibility index (Phi) is 4.18. The smallest absolute Gasteiger partial charge is 0.217 e. The van der Waals surface area contributed by atoms with Gasteiger partial charge in [0.15, 0.2) is 0 Å². The van der Waals surface area contributed by atoms with Gasteiger partial charge in [0.2, 0.25) is 5.91 Å². The lowest BCUT2D eigenvalue weighted by molar-refractivity contribution is -0.121. The normalized spacial score (nSPS) is 21.1. The molecule has 2 heteroatoms. The van der Waals surface area contributed by atoms with E-state index in [4.69, 9.17) is 0 Å². The van der Waals surface area contributed by atoms with E-state index in [1.807, 2.05) is 0 Å². The predicted molar refractivity (Wildman–Crippen MR) is 63.6 cm³/mol. The zero-order valence-corrected chi connectivity index (χ0v) is 10.6. The number of carbonyl (C=O) groups is 1. The van der Waals surface area contributed by atoms with Crippen LogP contribution >= 0.6 is 0 Å². The summed E-state index contributed by atoms with van der Waals surface area (Å²) in [4.78, 5) is 11.2. The van der Waals surface area contributed by atoms with Gasteiger partial charge in [0.1, 0.15) is 0 Å². The minimum absolute atomic E-state index is 0.112. The van der Waals surface area contributed by atoms with E-state index >= 15 is 0 Å². The van der Waals surface area contributed by atoms with Crippen molar-refractivity contribution in [3.8, 4) is 0 Å². The van der Waals surface area contributed by atoms with Crippen molar-refractivity contribution in [3.05, 3.63) is 0 Å². The molecule has 1 aliphatic rings. The van der Waals surface area contributed by atoms with Crippen molar-refractivity contribution in [1.82, 2.24) is 5.32 Å². The van der Waals surface area contributed by atoms with Crippen LogP contribution in [0.3, 0.4) is 0 Å². The van der Waals surface area contributed by atoms with Crippen LogP contribution in [-0.2, 0) is 4.79 Å². The van der Waals surface area contributed by atoms with Gasteiger partial charge in [-0.2, -0.15) is 0 Å². The van der Waals surface area contributed by atoms with Gasteiger partial charge in [-0.15, -0.1) is 0 Å². The summed E-state index contributed by atoms with van der Waals surface area (Å²) in [5.74, 6) is 0.795. The zero-order valence-electron chi connectivity index (χ0n) is 10.6. The summed E-state index contributed by atoms with van der Waals surface area (Å²) in [6.07, 6.45) is 6.59. The lowest BCUT2D eigenvalue weighted by Crippen LogP contribution is -2.48. The van der Waals surface area contributed by atoms with Crippen LogP contribution < -0.4 is 5.32 Å². The molecular formula is C13H25NO. The van der Waals surface area contributed by atoms with Crippen LogP contribution in [0.15, 0.2) is 0 Å². The van der Waals surface area contributed by atoms with E-state index < -0.39 is 0 Å². The summed E-state index contributed by atoms with van der Waals surface area (Å²) >= 11 is 0. The van der Waals surface area contributed by atoms with E-state index in [0.29, 0.717) is 12.0 Å². The summed E-state index contributed by atoms with van der Waals surface area (Å²) in [5, 5.41) is 3.15. The zero-order chi connectivity index (χ0) is 11.5. The summed E-state index contributed by atoms with van der Waals surface area (Å²) in [6.45, 7) is 8.30. The standard InChI is InChI=1S/C13H25NO/c1-10(15)14-12(13(2,3)4)11-8-6-5-7-9-11/h11-12H,5-9H2,1-4H3,(H,14,15). The summed E-state index contributed by atoms with van der Waals surface area (Å²) in [7, 11) is 0. The van der Waals surface area contributed by atoms with Crippen molar-refractivity contribution in [2.75, 3.05) is 0 Å². The molecule has 1 N–H and O–H groups in total. The Morgan fingerprint density at radius 1 is 1.20 bits per heavy atom. The molecule has 0 radical (unpaired) electrons. The van der Waals surface area contributed by atoms with E-state index in [9.17, 15) is 4.79 Å². The summed E-state index contributed by atoms with van der Waals surface area (Å²) < 4.78 is 0. The SMILES string of the molecule is CC(=O)NC(C1CCCCC1)C(C)(C)C. The molecule has 0 aromatic carbocycles. The molecule has 15 heavy (non-hydrogen) atoms. The first-order valence-corrected chi connectivity index (χ1v) is 6.18. The average Bonchev–Trinajstić information content (AvgIpc) is 2.14. The molecule has 1 aliphatic carbocycles. The molecule has 0 aromatic rings. The highest BCUT2D eigenvalue weighted by Gasteiger charge is 2.33. The minimum atomic E-state index is 0.112. The largest absolute Gasteiger partial charge is 0.353 e. The van der Waals surface area contributed by atoms with Crippen molar-refractivity contribution in [2.45, 2.75) is 65.8 Å². The molecule has 0 heterocycles. The van der Waals surface area contributed by atoms with Gasteiger partial charge in [-0.1, -0.05) is 40.0 Å². The highest BCUT2D eigenvalue weighted by molar-refractivity contribution is 5.73. The maximum atomic E-state index is 11.2. The second-order valence-corrected chi connectivity index (χ2v) is 5.94. The van der Waals surface area contributed by atoms with Crippen LogP contribution in [0.2, 0.25) is 0 Å². The van der Waals surface area contributed by atoms with Gasteiger partial charge >= 0.3 is 0 Å². The predicted octanol–water partition coefficient (Wildman–Crippen LogP) is 3.12. The fourth-order valence-corrected chi connectivity index (χ4v) is 2.73. The highest BCUT2D eigenvalue weighted by atomic mass is 16.1. The lowest BCUT2D eigenvalue weighted by atomic mass is 9.73. The number of nitrogens with one attached hydrogen (secondary N) is 1. The molecule has 1 rings (SSSR count). The molecular weight excluding hydrogens is 186 g/mol. The Morgan fingerprint density at radius 2 is 1.73 bits per heavy atom. The number of carbonyl (C=O) groups excluding carboxylic acids is 1. The van der Waals surface area contributed by atoms with Crippen molar-refractivity contribution in [2.24, 2.45) is 11.3 Å². The van der Waals surface area contributed by atoms with Crippen LogP contribution in [0.5, 0.6) is 0 Å². The molecule has 2 nitrogen and oxygen atoms in total. The van der Waals surface area contributed by atoms with Gasteiger partial charge in [-0.05, 0) is 24.2 Å². The lowest BCUT2D eigenvalue weighted by Gasteiger charge is -2.39. The second kappa shape index (κ2) is 5.00. The molecule has 88 valence electrons. The third-order valence-corrected chi connectivity index (χ3v) is 3.41. The van der Waals surface area contributed by atoms with Gasteiger partial charge in [0, 0.05) is 13.0 Å². The Labute approximate surface area is 93.8 Å². The number of rotatable bonds is 2. The Bertz CT molecular complexity index is 211. The van der Waals surface area contributed by atoms with Crippen LogP contribution in [0.4, 0.5) is 0 Å². The molecule has 1 fully saturated rings. The Hall–Kier alpha value is -0.530. The molecule has 1 atom stereocenters. The van der Waals surface area contributed by atoms with Crippen LogP contribution in [0.25, 0.3) is 0 Å². The number of amides is 1. The van der Waals surface area contributed by atoms with Crippen molar-refractivity contribution in [3.63, 3.8) is 0 Å². The highest BCUT2D eigenvalue weighted by Crippen LogP contribution is 2.34. The maximum Gasteiger partial charge on any atom is 0.217 e. The third-order valence-electron chi connectivity index (χ3n) is 3.41. The second-order valence-electron chi connectivity index (χ2n) is 5.94. The monoisotopic (exact) mass is 211 g/mol. The first-order valence-electron chi connectivity index (χ1n) is 6.18. The summed E-state index contributed by atoms with van der Waals surface area (Å²) in [5.41, 5.74) is 0.174. The van der Waals surface area contributed by atoms with E-state index in [1.54, 1.807) is 6.92 Å². The first kappa shape index (κ1) is 12.5. The van der Waals surface area contributed by atoms with E-state index in [0.717, 1.165) is 0 Å². The molecule has 0 bridgehead atoms. The third kappa shape index (κ3) is 3.84. The number of hydrogen-bond donors (Lipinski definition) is 1. The van der Waals surface area contributed by atoms with Crippen molar-refractivity contribution in [1.29, 1.82) is 0 Å². The molecule has 1 unspecified atom stereocenters. The Morgan fingerprint density at radius 3 is 2.13 bits per heavy atom. The van der Waals surface area contributed by atoms with Crippen LogP contribution in [-0.4, -0.2) is 11.9 Å². The minimum Gasteiger partial charge on any atom is -0.353 e. The molecule has 0 spiro atoms. The molecule has 0 aliphatic heterocycles. The van der Waals surface area contributed by atoms with E-state index in [-0.39, 0.29) is 11.3 Å². The molecule has 1 saturated carbocycles. The van der Waals surface area contributed by atoms with E-state index in [1.165, 1.54) is 32.1 Å². The van der Waals surface area contributed by atoms with Gasteiger partial charge in [-0.25, -0.2) is 0 Å². The Balaban J connectivity index is 2.66. The van der Waals surface area contributed by atoms with Gasteiger partial charge in [0.05, 0.1) is 0 Å². The van der Waals surface area contributed by atoms with Crippen molar-refractivity contribution < 1.29 is 4.79 Å². The topological polar surface area (TPSA) is 29.1 Å². The van der Waals surface area contributed by atoms with Crippen molar-refractivity contribution >= 4 is 5.91 Å². The maximum absolute atomic E-state index is 11.2. The molecule has 0 aromatic heterocycles. The fraction of sp³-hybridized carbons (Fsp3) is 0.923. The molecule has 1 amide bonds. The van der Waals surface area contributed by atoms with Crippen LogP contribution in [0, 0.1) is 11.3 Å². The van der Waals surface area contributed by atoms with Gasteiger partial charge < -0.3 is 5.32 Å². The molecule has 0 saturated heterocycles. The van der Waals surface area contributed by atoms with Gasteiger partial charge in [0.25, 0.3) is 0 Å². The van der Waals surface area contributed by atoms with Crippen LogP contribution in [0.1, 0.15) is 59.8 Å². The first-order chi connectivity index (χ1) is 6.91. The summed E-state index contributed by atoms with van der Waals surface area (Å²) in [6, 6.07) is 0.343. The van der Waals surface area contributed by atoms with Gasteiger partial charge in [-0.3, -0.25) is 4.79 Å². The van der Waals surface area contributed by atoms with E-state index in [2.05, 4.69) is 26.1 Å². The average molecular weight is 211 g/mol. The quantitative estimate of drug-likeness (QED) is 0.747. The number of hydrogen-bond acceptors (Lipinski definition) is 1.